The van der Waals surface area contributed by atoms with Gasteiger partial charge in [0.25, 0.3) is 5.91 Å². The molecule has 2 aromatic rings. The Kier molecular flexibility index (Phi) is 3.88. The lowest BCUT2D eigenvalue weighted by Gasteiger charge is -2.13. The summed E-state index contributed by atoms with van der Waals surface area (Å²) in [6.45, 7) is 1.62. The van der Waals surface area contributed by atoms with Gasteiger partial charge in [-0.1, -0.05) is 12.1 Å². The molecule has 0 radical (unpaired) electrons. The Morgan fingerprint density at radius 2 is 1.81 bits per heavy atom. The average molecular weight is 295 g/mol. The minimum atomic E-state index is -4.60. The van der Waals surface area contributed by atoms with Crippen LogP contribution in [-0.4, -0.2) is 11.0 Å². The highest BCUT2D eigenvalue weighted by Gasteiger charge is 2.34. The second kappa shape index (κ2) is 5.47. The number of hydrogen-bond donors (Lipinski definition) is 2. The van der Waals surface area contributed by atoms with Gasteiger partial charge in [-0.2, -0.15) is 13.2 Å². The Hall–Kier alpha value is -2.50. The van der Waals surface area contributed by atoms with Crippen molar-refractivity contribution in [2.75, 3.05) is 5.32 Å². The summed E-state index contributed by atoms with van der Waals surface area (Å²) in [6, 6.07) is 8.82. The molecule has 0 fully saturated rings. The van der Waals surface area contributed by atoms with Crippen LogP contribution in [0.2, 0.25) is 0 Å². The largest absolute Gasteiger partial charge is 0.508 e. The number of alkyl halides is 3. The lowest BCUT2D eigenvalue weighted by atomic mass is 10.1. The normalized spacial score (nSPS) is 11.2. The number of nitrogens with one attached hydrogen (secondary N) is 1. The van der Waals surface area contributed by atoms with Crippen LogP contribution in [0.25, 0.3) is 0 Å². The first-order valence-corrected chi connectivity index (χ1v) is 6.06. The molecular formula is C15H12F3NO2. The van der Waals surface area contributed by atoms with Crippen molar-refractivity contribution in [2.24, 2.45) is 0 Å². The summed E-state index contributed by atoms with van der Waals surface area (Å²) in [5, 5.41) is 11.8. The lowest BCUT2D eigenvalue weighted by Crippen LogP contribution is -2.18. The second-order valence-electron chi connectivity index (χ2n) is 4.50. The highest BCUT2D eigenvalue weighted by atomic mass is 19.4. The number of carbonyl (C=O) groups excluding carboxylic acids is 1. The van der Waals surface area contributed by atoms with Crippen molar-refractivity contribution in [3.63, 3.8) is 0 Å². The van der Waals surface area contributed by atoms with Gasteiger partial charge in [-0.3, -0.25) is 4.79 Å². The summed E-state index contributed by atoms with van der Waals surface area (Å²) < 4.78 is 38.6. The molecule has 2 aromatic carbocycles. The molecule has 2 N–H and O–H groups in total. The molecule has 0 aromatic heterocycles. The van der Waals surface area contributed by atoms with Crippen molar-refractivity contribution >= 4 is 11.6 Å². The smallest absolute Gasteiger partial charge is 0.417 e. The monoisotopic (exact) mass is 295 g/mol. The number of benzene rings is 2. The quantitative estimate of drug-likeness (QED) is 0.824. The molecule has 0 aliphatic rings. The molecule has 0 atom stereocenters. The molecule has 1 amide bonds. The first kappa shape index (κ1) is 14.9. The van der Waals surface area contributed by atoms with Crippen LogP contribution in [0.1, 0.15) is 21.5 Å². The minimum absolute atomic E-state index is 0.0451. The van der Waals surface area contributed by atoms with Crippen molar-refractivity contribution in [1.82, 2.24) is 0 Å². The van der Waals surface area contributed by atoms with Gasteiger partial charge in [-0.05, 0) is 42.8 Å². The fourth-order valence-corrected chi connectivity index (χ4v) is 1.86. The summed E-state index contributed by atoms with van der Waals surface area (Å²) in [7, 11) is 0. The molecule has 21 heavy (non-hydrogen) atoms. The van der Waals surface area contributed by atoms with Crippen LogP contribution in [0.5, 0.6) is 5.75 Å². The molecule has 0 unspecified atom stereocenters. The van der Waals surface area contributed by atoms with E-state index in [2.05, 4.69) is 5.32 Å². The Bertz CT molecular complexity index is 681. The molecule has 0 heterocycles. The minimum Gasteiger partial charge on any atom is -0.508 e. The van der Waals surface area contributed by atoms with Crippen molar-refractivity contribution in [1.29, 1.82) is 0 Å². The van der Waals surface area contributed by atoms with Gasteiger partial charge < -0.3 is 10.4 Å². The molecule has 0 saturated heterocycles. The standard InChI is InChI=1S/C15H12F3NO2/c1-9-8-10(6-7-13(9)20)19-14(21)11-4-2-3-5-12(11)15(16,17)18/h2-8,20H,1H3,(H,19,21). The molecule has 0 aliphatic heterocycles. The Morgan fingerprint density at radius 1 is 1.14 bits per heavy atom. The number of aryl methyl sites for hydroxylation is 1. The summed E-state index contributed by atoms with van der Waals surface area (Å²) in [6.07, 6.45) is -4.60. The maximum atomic E-state index is 12.9. The highest BCUT2D eigenvalue weighted by molar-refractivity contribution is 6.05. The topological polar surface area (TPSA) is 49.3 Å². The number of aromatic hydroxyl groups is 1. The van der Waals surface area contributed by atoms with Crippen molar-refractivity contribution in [2.45, 2.75) is 13.1 Å². The van der Waals surface area contributed by atoms with E-state index in [-0.39, 0.29) is 5.75 Å². The third-order valence-corrected chi connectivity index (χ3v) is 2.93. The van der Waals surface area contributed by atoms with E-state index < -0.39 is 23.2 Å². The van der Waals surface area contributed by atoms with Gasteiger partial charge in [-0.15, -0.1) is 0 Å². The zero-order valence-electron chi connectivity index (χ0n) is 11.0. The van der Waals surface area contributed by atoms with E-state index in [0.717, 1.165) is 12.1 Å². The number of amides is 1. The van der Waals surface area contributed by atoms with E-state index in [1.807, 2.05) is 0 Å². The first-order valence-electron chi connectivity index (χ1n) is 6.06. The molecule has 2 rings (SSSR count). The van der Waals surface area contributed by atoms with E-state index in [0.29, 0.717) is 11.3 Å². The van der Waals surface area contributed by atoms with E-state index in [1.165, 1.54) is 30.3 Å². The molecule has 6 heteroatoms. The molecular weight excluding hydrogens is 283 g/mol. The molecule has 110 valence electrons. The van der Waals surface area contributed by atoms with Gasteiger partial charge in [0.05, 0.1) is 11.1 Å². The van der Waals surface area contributed by atoms with Crippen LogP contribution in [0.15, 0.2) is 42.5 Å². The second-order valence-corrected chi connectivity index (χ2v) is 4.50. The van der Waals surface area contributed by atoms with Crippen LogP contribution < -0.4 is 5.32 Å². The number of phenols is 1. The number of phenolic OH excluding ortho intramolecular Hbond substituents is 1. The molecule has 0 saturated carbocycles. The zero-order valence-corrected chi connectivity index (χ0v) is 11.0. The van der Waals surface area contributed by atoms with Crippen LogP contribution in [0.4, 0.5) is 18.9 Å². The molecule has 0 aliphatic carbocycles. The number of rotatable bonds is 2. The SMILES string of the molecule is Cc1cc(NC(=O)c2ccccc2C(F)(F)F)ccc1O. The molecule has 0 spiro atoms. The van der Waals surface area contributed by atoms with Gasteiger partial charge in [0.1, 0.15) is 5.75 Å². The fraction of sp³-hybridized carbons (Fsp3) is 0.133. The van der Waals surface area contributed by atoms with Crippen molar-refractivity contribution in [3.8, 4) is 5.75 Å². The van der Waals surface area contributed by atoms with E-state index in [1.54, 1.807) is 6.92 Å². The predicted octanol–water partition coefficient (Wildman–Crippen LogP) is 3.97. The Labute approximate surface area is 119 Å². The summed E-state index contributed by atoms with van der Waals surface area (Å²) >= 11 is 0. The summed E-state index contributed by atoms with van der Waals surface area (Å²) in [5.74, 6) is -0.809. The van der Waals surface area contributed by atoms with E-state index in [4.69, 9.17) is 0 Å². The number of anilines is 1. The van der Waals surface area contributed by atoms with Crippen LogP contribution in [0, 0.1) is 6.92 Å². The van der Waals surface area contributed by atoms with Crippen LogP contribution in [-0.2, 0) is 6.18 Å². The van der Waals surface area contributed by atoms with Gasteiger partial charge >= 0.3 is 6.18 Å². The highest BCUT2D eigenvalue weighted by Crippen LogP contribution is 2.32. The summed E-state index contributed by atoms with van der Waals surface area (Å²) in [5.41, 5.74) is -0.613. The Morgan fingerprint density at radius 3 is 2.43 bits per heavy atom. The third-order valence-electron chi connectivity index (χ3n) is 2.93. The number of hydrogen-bond acceptors (Lipinski definition) is 2. The third kappa shape index (κ3) is 3.34. The van der Waals surface area contributed by atoms with Crippen LogP contribution in [0.3, 0.4) is 0 Å². The van der Waals surface area contributed by atoms with E-state index >= 15 is 0 Å². The number of halogens is 3. The van der Waals surface area contributed by atoms with E-state index in [9.17, 15) is 23.1 Å². The van der Waals surface area contributed by atoms with Gasteiger partial charge in [0.15, 0.2) is 0 Å². The van der Waals surface area contributed by atoms with Gasteiger partial charge in [0.2, 0.25) is 0 Å². The van der Waals surface area contributed by atoms with Gasteiger partial charge in [0, 0.05) is 5.69 Å². The number of carbonyl (C=O) groups is 1. The van der Waals surface area contributed by atoms with Gasteiger partial charge in [-0.25, -0.2) is 0 Å². The van der Waals surface area contributed by atoms with Crippen molar-refractivity contribution in [3.05, 3.63) is 59.2 Å². The average Bonchev–Trinajstić information content (AvgIpc) is 2.42. The maximum Gasteiger partial charge on any atom is 0.417 e. The molecule has 0 bridgehead atoms. The van der Waals surface area contributed by atoms with Crippen molar-refractivity contribution < 1.29 is 23.1 Å². The lowest BCUT2D eigenvalue weighted by molar-refractivity contribution is -0.137. The predicted molar refractivity (Wildman–Crippen MR) is 72.2 cm³/mol. The first-order chi connectivity index (χ1) is 9.79. The summed E-state index contributed by atoms with van der Waals surface area (Å²) in [4.78, 5) is 12.0. The zero-order chi connectivity index (χ0) is 15.6. The van der Waals surface area contributed by atoms with Crippen LogP contribution >= 0.6 is 0 Å². The maximum absolute atomic E-state index is 12.9. The fourth-order valence-electron chi connectivity index (χ4n) is 1.86. The molecule has 3 nitrogen and oxygen atoms in total. The Balaban J connectivity index is 2.31.